The number of benzene rings is 1. The van der Waals surface area contributed by atoms with E-state index < -0.39 is 17.6 Å². The highest BCUT2D eigenvalue weighted by Crippen LogP contribution is 2.29. The lowest BCUT2D eigenvalue weighted by atomic mass is 10.1. The van der Waals surface area contributed by atoms with Gasteiger partial charge in [0.1, 0.15) is 5.69 Å². The maximum absolute atomic E-state index is 12.8. The molecule has 1 heterocycles. The van der Waals surface area contributed by atoms with Crippen LogP contribution in [0.5, 0.6) is 0 Å². The number of alkyl halides is 3. The predicted molar refractivity (Wildman–Crippen MR) is 97.9 cm³/mol. The number of nitrogens with one attached hydrogen (secondary N) is 1. The third kappa shape index (κ3) is 5.58. The number of hydrogen-bond donors (Lipinski definition) is 1. The van der Waals surface area contributed by atoms with Crippen LogP contribution in [0.15, 0.2) is 36.5 Å². The Morgan fingerprint density at radius 1 is 1.18 bits per heavy atom. The average molecular weight is 396 g/mol. The number of aryl methyl sites for hydroxylation is 1. The summed E-state index contributed by atoms with van der Waals surface area (Å²) in [6.07, 6.45) is -2.07. The van der Waals surface area contributed by atoms with Crippen LogP contribution in [0.25, 0.3) is 0 Å². The first kappa shape index (κ1) is 21.5. The molecule has 6 nitrogen and oxygen atoms in total. The maximum atomic E-state index is 12.8. The molecule has 0 atom stereocenters. The van der Waals surface area contributed by atoms with E-state index in [9.17, 15) is 22.8 Å². The average Bonchev–Trinajstić information content (AvgIpc) is 3.15. The smallest absolute Gasteiger partial charge is 0.350 e. The molecule has 0 aliphatic carbocycles. The molecule has 0 saturated heterocycles. The Morgan fingerprint density at radius 2 is 1.93 bits per heavy atom. The van der Waals surface area contributed by atoms with Crippen molar-refractivity contribution in [3.63, 3.8) is 0 Å². The highest BCUT2D eigenvalue weighted by molar-refractivity contribution is 5.94. The van der Waals surface area contributed by atoms with Gasteiger partial charge in [-0.3, -0.25) is 14.3 Å². The van der Waals surface area contributed by atoms with Crippen molar-refractivity contribution in [3.05, 3.63) is 53.3 Å². The minimum Gasteiger partial charge on any atom is -0.350 e. The van der Waals surface area contributed by atoms with Crippen molar-refractivity contribution in [3.8, 4) is 0 Å². The van der Waals surface area contributed by atoms with Gasteiger partial charge in [0.05, 0.1) is 5.56 Å². The predicted octanol–water partition coefficient (Wildman–Crippen LogP) is 3.20. The summed E-state index contributed by atoms with van der Waals surface area (Å²) in [4.78, 5) is 26.3. The molecule has 0 saturated carbocycles. The Labute approximate surface area is 161 Å². The first-order valence-corrected chi connectivity index (χ1v) is 9.04. The number of rotatable bonds is 8. The van der Waals surface area contributed by atoms with Crippen LogP contribution in [0.1, 0.15) is 46.7 Å². The summed E-state index contributed by atoms with van der Waals surface area (Å²) in [6.45, 7) is 5.32. The SMILES string of the molecule is CCCN(CCNC(=O)c1cccc(C(F)(F)F)c1)C(=O)c1ccn(CC)n1. The third-order valence-electron chi connectivity index (χ3n) is 4.08. The van der Waals surface area contributed by atoms with E-state index in [-0.39, 0.29) is 24.6 Å². The van der Waals surface area contributed by atoms with Crippen molar-refractivity contribution in [2.24, 2.45) is 0 Å². The molecule has 2 aromatic rings. The molecule has 2 amide bonds. The highest BCUT2D eigenvalue weighted by atomic mass is 19.4. The summed E-state index contributed by atoms with van der Waals surface area (Å²) in [6, 6.07) is 5.86. The Bertz CT molecular complexity index is 818. The molecule has 28 heavy (non-hydrogen) atoms. The molecular weight excluding hydrogens is 373 g/mol. The van der Waals surface area contributed by atoms with Crippen molar-refractivity contribution < 1.29 is 22.8 Å². The Morgan fingerprint density at radius 3 is 2.54 bits per heavy atom. The van der Waals surface area contributed by atoms with Crippen molar-refractivity contribution in [2.45, 2.75) is 33.0 Å². The molecule has 152 valence electrons. The topological polar surface area (TPSA) is 67.2 Å². The lowest BCUT2D eigenvalue weighted by Gasteiger charge is -2.21. The van der Waals surface area contributed by atoms with E-state index in [0.717, 1.165) is 18.6 Å². The van der Waals surface area contributed by atoms with Gasteiger partial charge < -0.3 is 10.2 Å². The van der Waals surface area contributed by atoms with Crippen molar-refractivity contribution in [2.75, 3.05) is 19.6 Å². The molecule has 0 aliphatic rings. The van der Waals surface area contributed by atoms with Crippen molar-refractivity contribution in [1.82, 2.24) is 20.0 Å². The second-order valence-corrected chi connectivity index (χ2v) is 6.18. The van der Waals surface area contributed by atoms with Crippen LogP contribution in [0.3, 0.4) is 0 Å². The fourth-order valence-electron chi connectivity index (χ4n) is 2.64. The van der Waals surface area contributed by atoms with E-state index in [1.165, 1.54) is 12.1 Å². The van der Waals surface area contributed by atoms with Crippen LogP contribution in [0.4, 0.5) is 13.2 Å². The van der Waals surface area contributed by atoms with Crippen LogP contribution in [-0.4, -0.2) is 46.1 Å². The van der Waals surface area contributed by atoms with Gasteiger partial charge in [0.15, 0.2) is 0 Å². The van der Waals surface area contributed by atoms with E-state index >= 15 is 0 Å². The van der Waals surface area contributed by atoms with E-state index in [4.69, 9.17) is 0 Å². The quantitative estimate of drug-likeness (QED) is 0.745. The number of carbonyl (C=O) groups excluding carboxylic acids is 2. The van der Waals surface area contributed by atoms with Crippen LogP contribution in [0, 0.1) is 0 Å². The van der Waals surface area contributed by atoms with Gasteiger partial charge in [-0.2, -0.15) is 18.3 Å². The summed E-state index contributed by atoms with van der Waals surface area (Å²) in [5, 5.41) is 6.75. The fourth-order valence-corrected chi connectivity index (χ4v) is 2.64. The number of amides is 2. The normalized spacial score (nSPS) is 11.3. The van der Waals surface area contributed by atoms with Gasteiger partial charge in [-0.15, -0.1) is 0 Å². The second-order valence-electron chi connectivity index (χ2n) is 6.18. The molecule has 9 heteroatoms. The minimum absolute atomic E-state index is 0.0788. The number of aromatic nitrogens is 2. The monoisotopic (exact) mass is 396 g/mol. The van der Waals surface area contributed by atoms with E-state index in [0.29, 0.717) is 18.8 Å². The summed E-state index contributed by atoms with van der Waals surface area (Å²) < 4.78 is 39.9. The molecule has 0 fully saturated rings. The first-order valence-electron chi connectivity index (χ1n) is 9.04. The van der Waals surface area contributed by atoms with Gasteiger partial charge >= 0.3 is 6.18 Å². The molecule has 1 aromatic heterocycles. The Hall–Kier alpha value is -2.84. The third-order valence-corrected chi connectivity index (χ3v) is 4.08. The minimum atomic E-state index is -4.51. The zero-order valence-corrected chi connectivity index (χ0v) is 15.8. The lowest BCUT2D eigenvalue weighted by molar-refractivity contribution is -0.137. The zero-order valence-electron chi connectivity index (χ0n) is 15.8. The number of nitrogens with zero attached hydrogens (tertiary/aromatic N) is 3. The lowest BCUT2D eigenvalue weighted by Crippen LogP contribution is -2.39. The number of carbonyl (C=O) groups is 2. The van der Waals surface area contributed by atoms with Gasteiger partial charge in [-0.25, -0.2) is 0 Å². The standard InChI is InChI=1S/C19H23F3N4O2/c1-3-10-25(18(28)16-8-11-26(4-2)24-16)12-9-23-17(27)14-6-5-7-15(13-14)19(20,21)22/h5-8,11,13H,3-4,9-10,12H2,1-2H3,(H,23,27). The summed E-state index contributed by atoms with van der Waals surface area (Å²) in [5.74, 6) is -0.868. The van der Waals surface area contributed by atoms with Gasteiger partial charge in [-0.1, -0.05) is 13.0 Å². The summed E-state index contributed by atoms with van der Waals surface area (Å²) in [7, 11) is 0. The van der Waals surface area contributed by atoms with E-state index in [1.807, 2.05) is 13.8 Å². The van der Waals surface area contributed by atoms with Gasteiger partial charge in [0.2, 0.25) is 0 Å². The van der Waals surface area contributed by atoms with Crippen LogP contribution >= 0.6 is 0 Å². The zero-order chi connectivity index (χ0) is 20.7. The van der Waals surface area contributed by atoms with E-state index in [2.05, 4.69) is 10.4 Å². The summed E-state index contributed by atoms with van der Waals surface area (Å²) >= 11 is 0. The Balaban J connectivity index is 1.97. The maximum Gasteiger partial charge on any atom is 0.416 e. The molecule has 2 rings (SSSR count). The molecular formula is C19H23F3N4O2. The molecule has 1 aromatic carbocycles. The van der Waals surface area contributed by atoms with Crippen molar-refractivity contribution in [1.29, 1.82) is 0 Å². The van der Waals surface area contributed by atoms with Crippen LogP contribution < -0.4 is 5.32 Å². The first-order chi connectivity index (χ1) is 13.3. The van der Waals surface area contributed by atoms with E-state index in [1.54, 1.807) is 21.8 Å². The number of halogens is 3. The molecule has 1 N–H and O–H groups in total. The largest absolute Gasteiger partial charge is 0.416 e. The van der Waals surface area contributed by atoms with Gasteiger partial charge in [-0.05, 0) is 37.6 Å². The molecule has 0 aliphatic heterocycles. The molecule has 0 spiro atoms. The summed E-state index contributed by atoms with van der Waals surface area (Å²) in [5.41, 5.74) is -0.640. The fraction of sp³-hybridized carbons (Fsp3) is 0.421. The Kier molecular flexibility index (Phi) is 7.19. The van der Waals surface area contributed by atoms with Gasteiger partial charge in [0, 0.05) is 37.9 Å². The van der Waals surface area contributed by atoms with Crippen LogP contribution in [-0.2, 0) is 12.7 Å². The van der Waals surface area contributed by atoms with Crippen LogP contribution in [0.2, 0.25) is 0 Å². The second kappa shape index (κ2) is 9.38. The van der Waals surface area contributed by atoms with Gasteiger partial charge in [0.25, 0.3) is 11.8 Å². The highest BCUT2D eigenvalue weighted by Gasteiger charge is 2.30. The molecule has 0 bridgehead atoms. The molecule has 0 unspecified atom stereocenters. The van der Waals surface area contributed by atoms with Crippen molar-refractivity contribution >= 4 is 11.8 Å². The molecule has 0 radical (unpaired) electrons. The number of hydrogen-bond acceptors (Lipinski definition) is 3.